The summed E-state index contributed by atoms with van der Waals surface area (Å²) in [4.78, 5) is 28.2. The Bertz CT molecular complexity index is 1110. The summed E-state index contributed by atoms with van der Waals surface area (Å²) in [7, 11) is -1.58. The van der Waals surface area contributed by atoms with E-state index in [-0.39, 0.29) is 27.7 Å². The molecule has 3 aromatic rings. The number of imidazole rings is 1. The Morgan fingerprint density at radius 1 is 1.32 bits per heavy atom. The minimum Gasteiger partial charge on any atom is -0.319 e. The van der Waals surface area contributed by atoms with Gasteiger partial charge in [-0.2, -0.15) is 4.68 Å². The van der Waals surface area contributed by atoms with Crippen molar-refractivity contribution in [2.75, 3.05) is 10.0 Å². The van der Waals surface area contributed by atoms with Gasteiger partial charge in [0, 0.05) is 7.05 Å². The molecule has 0 atom stereocenters. The van der Waals surface area contributed by atoms with E-state index in [9.17, 15) is 18.0 Å². The van der Waals surface area contributed by atoms with E-state index in [1.807, 2.05) is 0 Å². The first kappa shape index (κ1) is 16.9. The number of nitrogens with zero attached hydrogens (tertiary/aromatic N) is 5. The zero-order valence-electron chi connectivity index (χ0n) is 12.5. The quantitative estimate of drug-likeness (QED) is 0.524. The van der Waals surface area contributed by atoms with Gasteiger partial charge in [0.15, 0.2) is 11.3 Å². The van der Waals surface area contributed by atoms with Gasteiger partial charge >= 0.3 is 5.69 Å². The number of hydrogen-bond acceptors (Lipinski definition) is 7. The van der Waals surface area contributed by atoms with Gasteiger partial charge < -0.3 is 5.32 Å². The SMILES string of the molecule is Cn1nnc2c(C(=O)Nc3cccc(Cl)c3N[SH](=O)=O)ncn2c1=O. The number of aromatic nitrogens is 5. The van der Waals surface area contributed by atoms with Crippen LogP contribution in [0.2, 0.25) is 5.02 Å². The van der Waals surface area contributed by atoms with Gasteiger partial charge in [-0.05, 0) is 12.1 Å². The molecule has 0 bridgehead atoms. The molecule has 0 aliphatic carbocycles. The van der Waals surface area contributed by atoms with Gasteiger partial charge in [-0.15, -0.1) is 5.10 Å². The molecule has 0 saturated heterocycles. The van der Waals surface area contributed by atoms with Crippen molar-refractivity contribution in [1.29, 1.82) is 0 Å². The molecule has 13 heteroatoms. The van der Waals surface area contributed by atoms with Crippen LogP contribution in [0.25, 0.3) is 5.65 Å². The first-order valence-electron chi connectivity index (χ1n) is 6.66. The molecule has 0 fully saturated rings. The third-order valence-corrected chi connectivity index (χ3v) is 3.90. The fraction of sp³-hybridized carbons (Fsp3) is 0.0833. The molecule has 130 valence electrons. The molecule has 25 heavy (non-hydrogen) atoms. The van der Waals surface area contributed by atoms with Crippen LogP contribution in [0.5, 0.6) is 0 Å². The summed E-state index contributed by atoms with van der Waals surface area (Å²) in [5, 5.41) is 9.94. The van der Waals surface area contributed by atoms with Gasteiger partial charge in [0.2, 0.25) is 10.9 Å². The van der Waals surface area contributed by atoms with Gasteiger partial charge in [0.25, 0.3) is 5.91 Å². The molecule has 0 unspecified atom stereocenters. The second-order valence-electron chi connectivity index (χ2n) is 4.77. The van der Waals surface area contributed by atoms with E-state index in [2.05, 4.69) is 25.3 Å². The molecule has 1 aromatic carbocycles. The summed E-state index contributed by atoms with van der Waals surface area (Å²) >= 11 is 5.95. The van der Waals surface area contributed by atoms with Crippen LogP contribution in [-0.2, 0) is 17.9 Å². The van der Waals surface area contributed by atoms with Crippen LogP contribution < -0.4 is 15.7 Å². The average molecular weight is 384 g/mol. The second-order valence-corrected chi connectivity index (χ2v) is 5.91. The Morgan fingerprint density at radius 3 is 2.80 bits per heavy atom. The highest BCUT2D eigenvalue weighted by atomic mass is 35.5. The fourth-order valence-electron chi connectivity index (χ4n) is 2.06. The lowest BCUT2D eigenvalue weighted by Crippen LogP contribution is -2.27. The van der Waals surface area contributed by atoms with E-state index >= 15 is 0 Å². The number of fused-ring (bicyclic) bond motifs is 1. The third-order valence-electron chi connectivity index (χ3n) is 3.18. The van der Waals surface area contributed by atoms with Crippen molar-refractivity contribution in [1.82, 2.24) is 24.4 Å². The number of benzene rings is 1. The van der Waals surface area contributed by atoms with Crippen LogP contribution in [0.4, 0.5) is 11.4 Å². The summed E-state index contributed by atoms with van der Waals surface area (Å²) < 4.78 is 26.0. The lowest BCUT2D eigenvalue weighted by molar-refractivity contribution is 0.102. The van der Waals surface area contributed by atoms with Crippen molar-refractivity contribution in [3.05, 3.63) is 45.7 Å². The topological polar surface area (TPSA) is 140 Å². The Kier molecular flexibility index (Phi) is 4.37. The maximum Gasteiger partial charge on any atom is 0.352 e. The maximum absolute atomic E-state index is 12.4. The van der Waals surface area contributed by atoms with Crippen LogP contribution in [0.1, 0.15) is 10.5 Å². The minimum atomic E-state index is -2.99. The summed E-state index contributed by atoms with van der Waals surface area (Å²) in [6.07, 6.45) is 1.15. The predicted molar refractivity (Wildman–Crippen MR) is 89.4 cm³/mol. The van der Waals surface area contributed by atoms with Crippen molar-refractivity contribution in [2.24, 2.45) is 7.05 Å². The standard InChI is InChI=1S/C12H10ClN7O4S/c1-19-12(22)20-5-14-9(10(20)16-18-19)11(21)15-7-4-2-3-6(13)8(7)17-25(23)24/h2-5,25H,1H3,(H,15,21)(H,17,23,24). The van der Waals surface area contributed by atoms with E-state index < -0.39 is 22.5 Å². The zero-order chi connectivity index (χ0) is 18.1. The number of aryl methyl sites for hydroxylation is 1. The maximum atomic E-state index is 12.4. The highest BCUT2D eigenvalue weighted by Gasteiger charge is 2.19. The van der Waals surface area contributed by atoms with E-state index in [0.29, 0.717) is 0 Å². The molecule has 0 aliphatic rings. The minimum absolute atomic E-state index is 0.0131. The zero-order valence-corrected chi connectivity index (χ0v) is 14.2. The first-order valence-corrected chi connectivity index (χ1v) is 8.22. The monoisotopic (exact) mass is 383 g/mol. The number of hydrogen-bond donors (Lipinski definition) is 3. The summed E-state index contributed by atoms with van der Waals surface area (Å²) in [5.41, 5.74) is -0.575. The van der Waals surface area contributed by atoms with E-state index in [1.54, 1.807) is 0 Å². The van der Waals surface area contributed by atoms with Crippen molar-refractivity contribution in [3.8, 4) is 0 Å². The number of thiol groups is 1. The fourth-order valence-corrected chi connectivity index (χ4v) is 2.77. The van der Waals surface area contributed by atoms with Crippen molar-refractivity contribution >= 4 is 45.4 Å². The Balaban J connectivity index is 2.00. The van der Waals surface area contributed by atoms with Crippen LogP contribution >= 0.6 is 11.6 Å². The first-order chi connectivity index (χ1) is 11.9. The molecule has 2 heterocycles. The molecule has 0 radical (unpaired) electrons. The largest absolute Gasteiger partial charge is 0.352 e. The van der Waals surface area contributed by atoms with Gasteiger partial charge in [-0.3, -0.25) is 9.52 Å². The van der Waals surface area contributed by atoms with Gasteiger partial charge in [0.05, 0.1) is 16.4 Å². The molecule has 3 rings (SSSR count). The molecular formula is C12H10ClN7O4S. The van der Waals surface area contributed by atoms with Crippen molar-refractivity contribution < 1.29 is 13.2 Å². The second kappa shape index (κ2) is 6.49. The Hall–Kier alpha value is -2.99. The van der Waals surface area contributed by atoms with Gasteiger partial charge in [-0.1, -0.05) is 22.9 Å². The van der Waals surface area contributed by atoms with Crippen LogP contribution in [0.3, 0.4) is 0 Å². The smallest absolute Gasteiger partial charge is 0.319 e. The Morgan fingerprint density at radius 2 is 2.08 bits per heavy atom. The molecular weight excluding hydrogens is 374 g/mol. The van der Waals surface area contributed by atoms with Gasteiger partial charge in [-0.25, -0.2) is 22.6 Å². The molecule has 1 amide bonds. The number of carbonyl (C=O) groups excluding carboxylic acids is 1. The number of para-hydroxylation sites is 1. The molecule has 0 spiro atoms. The number of anilines is 2. The number of halogens is 1. The summed E-state index contributed by atoms with van der Waals surface area (Å²) in [6, 6.07) is 4.44. The number of amides is 1. The molecule has 11 nitrogen and oxygen atoms in total. The number of rotatable bonds is 4. The van der Waals surface area contributed by atoms with Gasteiger partial charge in [0.1, 0.15) is 6.33 Å². The predicted octanol–water partition coefficient (Wildman–Crippen LogP) is -0.333. The lowest BCUT2D eigenvalue weighted by Gasteiger charge is -2.10. The molecule has 0 saturated carbocycles. The summed E-state index contributed by atoms with van der Waals surface area (Å²) in [5.74, 6) is -0.712. The average Bonchev–Trinajstić information content (AvgIpc) is 2.99. The highest BCUT2D eigenvalue weighted by Crippen LogP contribution is 2.30. The molecule has 2 aromatic heterocycles. The molecule has 2 N–H and O–H groups in total. The normalized spacial score (nSPS) is 11.0. The van der Waals surface area contributed by atoms with Crippen LogP contribution in [-0.4, -0.2) is 38.7 Å². The van der Waals surface area contributed by atoms with E-state index in [4.69, 9.17) is 11.6 Å². The van der Waals surface area contributed by atoms with Crippen molar-refractivity contribution in [2.45, 2.75) is 0 Å². The van der Waals surface area contributed by atoms with E-state index in [1.165, 1.54) is 25.2 Å². The third kappa shape index (κ3) is 3.16. The van der Waals surface area contributed by atoms with Crippen LogP contribution in [0.15, 0.2) is 29.3 Å². The highest BCUT2D eigenvalue weighted by molar-refractivity contribution is 7.73. The number of carbonyl (C=O) groups is 1. The number of nitrogens with one attached hydrogen (secondary N) is 2. The lowest BCUT2D eigenvalue weighted by atomic mass is 10.2. The van der Waals surface area contributed by atoms with Crippen LogP contribution in [0, 0.1) is 0 Å². The van der Waals surface area contributed by atoms with Crippen molar-refractivity contribution in [3.63, 3.8) is 0 Å². The van der Waals surface area contributed by atoms with E-state index in [0.717, 1.165) is 15.4 Å². The summed E-state index contributed by atoms with van der Waals surface area (Å²) in [6.45, 7) is 0. The molecule has 0 aliphatic heterocycles. The Labute approximate surface area is 146 Å².